The van der Waals surface area contributed by atoms with E-state index in [1.165, 1.54) is 0 Å². The fourth-order valence-corrected chi connectivity index (χ4v) is 2.13. The van der Waals surface area contributed by atoms with Crippen molar-refractivity contribution in [3.63, 3.8) is 0 Å². The number of anilines is 1. The van der Waals surface area contributed by atoms with Crippen LogP contribution in [0.4, 0.5) is 5.69 Å². The third kappa shape index (κ3) is 4.56. The Morgan fingerprint density at radius 3 is 2.83 bits per heavy atom. The molecule has 1 unspecified atom stereocenters. The van der Waals surface area contributed by atoms with E-state index in [2.05, 4.69) is 18.3 Å². The number of nitrogens with zero attached hydrogens (tertiary/aromatic N) is 1. The van der Waals surface area contributed by atoms with Crippen molar-refractivity contribution in [1.82, 2.24) is 0 Å². The van der Waals surface area contributed by atoms with Crippen LogP contribution in [-0.2, 0) is 0 Å². The summed E-state index contributed by atoms with van der Waals surface area (Å²) in [5.41, 5.74) is 1.36. The lowest BCUT2D eigenvalue weighted by molar-refractivity contribution is 0.255. The molecule has 1 rings (SSSR count). The highest BCUT2D eigenvalue weighted by Crippen LogP contribution is 2.21. The summed E-state index contributed by atoms with van der Waals surface area (Å²) < 4.78 is 0. The van der Waals surface area contributed by atoms with E-state index >= 15 is 0 Å². The first kappa shape index (κ1) is 14.8. The van der Waals surface area contributed by atoms with Crippen molar-refractivity contribution in [2.24, 2.45) is 5.92 Å². The van der Waals surface area contributed by atoms with Crippen molar-refractivity contribution < 1.29 is 5.11 Å². The summed E-state index contributed by atoms with van der Waals surface area (Å²) in [7, 11) is 0. The zero-order chi connectivity index (χ0) is 13.4. The molecule has 0 bridgehead atoms. The van der Waals surface area contributed by atoms with Gasteiger partial charge in [0, 0.05) is 18.2 Å². The van der Waals surface area contributed by atoms with Gasteiger partial charge >= 0.3 is 0 Å². The molecule has 4 heteroatoms. The monoisotopic (exact) mass is 266 g/mol. The lowest BCUT2D eigenvalue weighted by atomic mass is 10.00. The van der Waals surface area contributed by atoms with E-state index in [0.29, 0.717) is 16.5 Å². The predicted molar refractivity (Wildman–Crippen MR) is 74.8 cm³/mol. The Bertz CT molecular complexity index is 409. The quantitative estimate of drug-likeness (QED) is 0.795. The number of nitrogens with one attached hydrogen (secondary N) is 1. The van der Waals surface area contributed by atoms with Crippen molar-refractivity contribution in [2.45, 2.75) is 26.2 Å². The number of benzene rings is 1. The van der Waals surface area contributed by atoms with Crippen LogP contribution in [0.3, 0.4) is 0 Å². The molecular formula is C14H19ClN2O. The molecule has 18 heavy (non-hydrogen) atoms. The van der Waals surface area contributed by atoms with Crippen LogP contribution in [0.2, 0.25) is 5.02 Å². The molecule has 0 radical (unpaired) electrons. The number of hydrogen-bond acceptors (Lipinski definition) is 3. The average Bonchev–Trinajstić information content (AvgIpc) is 2.36. The Morgan fingerprint density at radius 1 is 1.44 bits per heavy atom. The number of rotatable bonds is 7. The van der Waals surface area contributed by atoms with Crippen molar-refractivity contribution in [1.29, 1.82) is 5.26 Å². The second-order valence-corrected chi connectivity index (χ2v) is 4.79. The maximum atomic E-state index is 9.01. The van der Waals surface area contributed by atoms with Gasteiger partial charge in [0.05, 0.1) is 11.3 Å². The van der Waals surface area contributed by atoms with Gasteiger partial charge in [-0.05, 0) is 37.0 Å². The molecule has 0 aromatic heterocycles. The van der Waals surface area contributed by atoms with Crippen LogP contribution in [0.25, 0.3) is 0 Å². The Balaban J connectivity index is 2.66. The smallest absolute Gasteiger partial charge is 0.101 e. The molecule has 0 aliphatic heterocycles. The van der Waals surface area contributed by atoms with Gasteiger partial charge in [0.25, 0.3) is 0 Å². The minimum atomic E-state index is 0.201. The topological polar surface area (TPSA) is 56.0 Å². The van der Waals surface area contributed by atoms with E-state index in [9.17, 15) is 0 Å². The zero-order valence-electron chi connectivity index (χ0n) is 10.6. The van der Waals surface area contributed by atoms with Gasteiger partial charge in [0.2, 0.25) is 0 Å². The van der Waals surface area contributed by atoms with Crippen LogP contribution in [0.5, 0.6) is 0 Å². The van der Waals surface area contributed by atoms with Crippen LogP contribution in [0.15, 0.2) is 18.2 Å². The average molecular weight is 267 g/mol. The van der Waals surface area contributed by atoms with E-state index in [-0.39, 0.29) is 6.61 Å². The van der Waals surface area contributed by atoms with Crippen molar-refractivity contribution in [3.8, 4) is 6.07 Å². The van der Waals surface area contributed by atoms with Gasteiger partial charge in [-0.25, -0.2) is 0 Å². The summed E-state index contributed by atoms with van der Waals surface area (Å²) >= 11 is 5.92. The lowest BCUT2D eigenvalue weighted by Crippen LogP contribution is -2.16. The highest BCUT2D eigenvalue weighted by atomic mass is 35.5. The predicted octanol–water partition coefficient (Wildman–Crippen LogP) is 3.42. The minimum Gasteiger partial charge on any atom is -0.396 e. The van der Waals surface area contributed by atoms with Crippen LogP contribution in [0.1, 0.15) is 31.7 Å². The number of aliphatic hydroxyl groups is 1. The molecule has 0 amide bonds. The second-order valence-electron chi connectivity index (χ2n) is 4.35. The first-order chi connectivity index (χ1) is 8.71. The summed E-state index contributed by atoms with van der Waals surface area (Å²) in [5, 5.41) is 21.9. The van der Waals surface area contributed by atoms with Crippen LogP contribution in [-0.4, -0.2) is 18.3 Å². The molecule has 98 valence electrons. The van der Waals surface area contributed by atoms with Crippen LogP contribution < -0.4 is 5.32 Å². The van der Waals surface area contributed by atoms with Crippen LogP contribution >= 0.6 is 11.6 Å². The van der Waals surface area contributed by atoms with Crippen molar-refractivity contribution in [2.75, 3.05) is 18.5 Å². The van der Waals surface area contributed by atoms with Crippen LogP contribution in [0, 0.1) is 17.2 Å². The maximum Gasteiger partial charge on any atom is 0.101 e. The fourth-order valence-electron chi connectivity index (χ4n) is 1.95. The molecule has 3 nitrogen and oxygen atoms in total. The van der Waals surface area contributed by atoms with Crippen molar-refractivity contribution in [3.05, 3.63) is 28.8 Å². The second kappa shape index (κ2) is 7.97. The molecule has 0 heterocycles. The molecule has 1 aromatic rings. The SMILES string of the molecule is CCCC(CCO)CNc1cc(Cl)ccc1C#N. The Morgan fingerprint density at radius 2 is 2.22 bits per heavy atom. The summed E-state index contributed by atoms with van der Waals surface area (Å²) in [6, 6.07) is 7.33. The molecule has 1 atom stereocenters. The number of aliphatic hydroxyl groups excluding tert-OH is 1. The third-order valence-electron chi connectivity index (χ3n) is 2.92. The fraction of sp³-hybridized carbons (Fsp3) is 0.500. The molecule has 0 saturated carbocycles. The molecule has 0 spiro atoms. The van der Waals surface area contributed by atoms with E-state index in [4.69, 9.17) is 22.0 Å². The Labute approximate surface area is 113 Å². The molecular weight excluding hydrogens is 248 g/mol. The van der Waals surface area contributed by atoms with Gasteiger partial charge in [-0.3, -0.25) is 0 Å². The van der Waals surface area contributed by atoms with Crippen molar-refractivity contribution >= 4 is 17.3 Å². The summed E-state index contributed by atoms with van der Waals surface area (Å²) in [6.45, 7) is 3.08. The molecule has 0 saturated heterocycles. The molecule has 0 fully saturated rings. The lowest BCUT2D eigenvalue weighted by Gasteiger charge is -2.17. The Kier molecular flexibility index (Phi) is 6.56. The number of halogens is 1. The third-order valence-corrected chi connectivity index (χ3v) is 3.15. The normalized spacial score (nSPS) is 11.9. The zero-order valence-corrected chi connectivity index (χ0v) is 11.4. The first-order valence-electron chi connectivity index (χ1n) is 6.25. The van der Waals surface area contributed by atoms with Gasteiger partial charge < -0.3 is 10.4 Å². The molecule has 0 aliphatic rings. The highest BCUT2D eigenvalue weighted by molar-refractivity contribution is 6.30. The van der Waals surface area contributed by atoms with E-state index in [1.807, 2.05) is 0 Å². The number of hydrogen-bond donors (Lipinski definition) is 2. The largest absolute Gasteiger partial charge is 0.396 e. The Hall–Kier alpha value is -1.24. The summed E-state index contributed by atoms with van der Waals surface area (Å²) in [6.07, 6.45) is 2.94. The summed E-state index contributed by atoms with van der Waals surface area (Å²) in [4.78, 5) is 0. The summed E-state index contributed by atoms with van der Waals surface area (Å²) in [5.74, 6) is 0.422. The highest BCUT2D eigenvalue weighted by Gasteiger charge is 2.09. The molecule has 0 aliphatic carbocycles. The minimum absolute atomic E-state index is 0.201. The van der Waals surface area contributed by atoms with Gasteiger partial charge in [0.1, 0.15) is 6.07 Å². The first-order valence-corrected chi connectivity index (χ1v) is 6.63. The van der Waals surface area contributed by atoms with E-state index in [0.717, 1.165) is 31.5 Å². The standard InChI is InChI=1S/C14H19ClN2O/c1-2-3-11(6-7-18)10-17-14-8-13(15)5-4-12(14)9-16/h4-5,8,11,17-18H,2-3,6-7,10H2,1H3. The maximum absolute atomic E-state index is 9.01. The van der Waals surface area contributed by atoms with E-state index < -0.39 is 0 Å². The van der Waals surface area contributed by atoms with Gasteiger partial charge in [-0.1, -0.05) is 24.9 Å². The van der Waals surface area contributed by atoms with Gasteiger partial charge in [-0.2, -0.15) is 5.26 Å². The van der Waals surface area contributed by atoms with E-state index in [1.54, 1.807) is 18.2 Å². The van der Waals surface area contributed by atoms with Gasteiger partial charge in [0.15, 0.2) is 0 Å². The molecule has 2 N–H and O–H groups in total. The van der Waals surface area contributed by atoms with Gasteiger partial charge in [-0.15, -0.1) is 0 Å². The number of nitriles is 1. The molecule has 1 aromatic carbocycles.